The number of hydrogen-bond acceptors (Lipinski definition) is 3. The highest BCUT2D eigenvalue weighted by atomic mass is 127. The lowest BCUT2D eigenvalue weighted by Crippen LogP contribution is -2.42. The first-order valence-corrected chi connectivity index (χ1v) is 9.82. The molecule has 0 bridgehead atoms. The van der Waals surface area contributed by atoms with Crippen LogP contribution in [0, 0.1) is 0 Å². The monoisotopic (exact) mass is 507 g/mol. The van der Waals surface area contributed by atoms with Crippen molar-refractivity contribution in [1.29, 1.82) is 0 Å². The van der Waals surface area contributed by atoms with Crippen LogP contribution in [0.4, 0.5) is 11.4 Å². The van der Waals surface area contributed by atoms with Crippen molar-refractivity contribution in [3.63, 3.8) is 0 Å². The normalized spacial score (nSPS) is 14.7. The number of carbonyl (C=O) groups is 1. The number of carbonyl (C=O) groups excluding carboxylic acids is 1. The molecule has 0 aliphatic carbocycles. The molecule has 1 atom stereocenters. The molecule has 1 saturated heterocycles. The minimum Gasteiger partial charge on any atom is -0.372 e. The van der Waals surface area contributed by atoms with Gasteiger partial charge in [-0.05, 0) is 49.6 Å². The summed E-state index contributed by atoms with van der Waals surface area (Å²) in [6.07, 6.45) is 2.53. The summed E-state index contributed by atoms with van der Waals surface area (Å²) < 4.78 is 0. The third-order valence-electron chi connectivity index (χ3n) is 4.89. The second-order valence-electron chi connectivity index (χ2n) is 7.00. The van der Waals surface area contributed by atoms with E-state index in [1.165, 1.54) is 24.1 Å². The Hall–Kier alpha value is -2.29. The molecule has 0 saturated carbocycles. The van der Waals surface area contributed by atoms with Crippen LogP contribution in [0.15, 0.2) is 59.6 Å². The van der Waals surface area contributed by atoms with Crippen LogP contribution in [0.3, 0.4) is 0 Å². The van der Waals surface area contributed by atoms with Gasteiger partial charge in [0.2, 0.25) is 5.91 Å². The molecule has 6 nitrogen and oxygen atoms in total. The number of nitrogens with zero attached hydrogens (tertiary/aromatic N) is 2. The number of para-hydroxylation sites is 1. The summed E-state index contributed by atoms with van der Waals surface area (Å²) in [6, 6.07) is 18.1. The van der Waals surface area contributed by atoms with Crippen molar-refractivity contribution in [3.8, 4) is 0 Å². The lowest BCUT2D eigenvalue weighted by Gasteiger charge is -2.22. The van der Waals surface area contributed by atoms with Gasteiger partial charge >= 0.3 is 0 Å². The molecule has 29 heavy (non-hydrogen) atoms. The van der Waals surface area contributed by atoms with E-state index in [9.17, 15) is 4.79 Å². The van der Waals surface area contributed by atoms with E-state index in [-0.39, 0.29) is 42.5 Å². The highest BCUT2D eigenvalue weighted by Gasteiger charge is 2.14. The maximum atomic E-state index is 12.1. The van der Waals surface area contributed by atoms with Crippen LogP contribution in [0.25, 0.3) is 0 Å². The SMILES string of the molecule is CN=C(NCC(=O)Nc1ccccc1)NC(C)c1cccc(N2CCCC2)c1.I. The van der Waals surface area contributed by atoms with Crippen LogP contribution < -0.4 is 20.9 Å². The van der Waals surface area contributed by atoms with E-state index in [1.807, 2.05) is 30.3 Å². The number of hydrogen-bond donors (Lipinski definition) is 3. The van der Waals surface area contributed by atoms with E-state index in [0.29, 0.717) is 5.96 Å². The summed E-state index contributed by atoms with van der Waals surface area (Å²) in [5, 5.41) is 9.29. The summed E-state index contributed by atoms with van der Waals surface area (Å²) in [6.45, 7) is 4.51. The topological polar surface area (TPSA) is 68.8 Å². The summed E-state index contributed by atoms with van der Waals surface area (Å²) in [5.41, 5.74) is 3.25. The first-order chi connectivity index (χ1) is 13.7. The minimum atomic E-state index is -0.113. The molecule has 1 aliphatic rings. The minimum absolute atomic E-state index is 0. The van der Waals surface area contributed by atoms with Gasteiger partial charge in [-0.1, -0.05) is 30.3 Å². The first-order valence-electron chi connectivity index (χ1n) is 9.82. The zero-order valence-corrected chi connectivity index (χ0v) is 19.4. The van der Waals surface area contributed by atoms with Gasteiger partial charge < -0.3 is 20.9 Å². The predicted molar refractivity (Wildman–Crippen MR) is 131 cm³/mol. The molecule has 2 aromatic carbocycles. The van der Waals surface area contributed by atoms with Crippen molar-refractivity contribution in [1.82, 2.24) is 10.6 Å². The van der Waals surface area contributed by atoms with E-state index in [1.54, 1.807) is 7.05 Å². The number of halogens is 1. The number of rotatable bonds is 6. The summed E-state index contributed by atoms with van der Waals surface area (Å²) in [5.74, 6) is 0.486. The number of anilines is 2. The van der Waals surface area contributed by atoms with Gasteiger partial charge in [0.15, 0.2) is 5.96 Å². The Kier molecular flexibility index (Phi) is 9.24. The maximum Gasteiger partial charge on any atom is 0.243 e. The van der Waals surface area contributed by atoms with Crippen molar-refractivity contribution in [2.75, 3.05) is 36.9 Å². The molecule has 7 heteroatoms. The summed E-state index contributed by atoms with van der Waals surface area (Å²) in [4.78, 5) is 18.8. The van der Waals surface area contributed by atoms with Gasteiger partial charge in [0.05, 0.1) is 12.6 Å². The zero-order chi connectivity index (χ0) is 19.8. The van der Waals surface area contributed by atoms with Crippen LogP contribution in [-0.2, 0) is 4.79 Å². The molecule has 156 valence electrons. The molecule has 1 amide bonds. The van der Waals surface area contributed by atoms with Crippen molar-refractivity contribution in [2.45, 2.75) is 25.8 Å². The predicted octanol–water partition coefficient (Wildman–Crippen LogP) is 3.77. The molecule has 3 rings (SSSR count). The molecular weight excluding hydrogens is 477 g/mol. The second-order valence-corrected chi connectivity index (χ2v) is 7.00. The molecule has 0 radical (unpaired) electrons. The van der Waals surface area contributed by atoms with Crippen LogP contribution in [0.2, 0.25) is 0 Å². The fourth-order valence-electron chi connectivity index (χ4n) is 3.34. The Bertz CT molecular complexity index is 806. The number of aliphatic imine (C=N–C) groups is 1. The van der Waals surface area contributed by atoms with Gasteiger partial charge in [-0.2, -0.15) is 0 Å². The lowest BCUT2D eigenvalue weighted by atomic mass is 10.1. The van der Waals surface area contributed by atoms with Crippen LogP contribution in [0.1, 0.15) is 31.4 Å². The fourth-order valence-corrected chi connectivity index (χ4v) is 3.34. The Labute approximate surface area is 190 Å². The number of amides is 1. The molecule has 0 spiro atoms. The van der Waals surface area contributed by atoms with Gasteiger partial charge in [-0.15, -0.1) is 24.0 Å². The first kappa shape index (κ1) is 23.0. The van der Waals surface area contributed by atoms with Crippen LogP contribution in [0.5, 0.6) is 0 Å². The van der Waals surface area contributed by atoms with Gasteiger partial charge in [0.1, 0.15) is 0 Å². The number of benzene rings is 2. The highest BCUT2D eigenvalue weighted by molar-refractivity contribution is 14.0. The maximum absolute atomic E-state index is 12.1. The largest absolute Gasteiger partial charge is 0.372 e. The molecule has 1 fully saturated rings. The zero-order valence-electron chi connectivity index (χ0n) is 17.0. The number of guanidine groups is 1. The number of nitrogens with one attached hydrogen (secondary N) is 3. The molecule has 2 aromatic rings. The van der Waals surface area contributed by atoms with Crippen molar-refractivity contribution in [3.05, 3.63) is 60.2 Å². The van der Waals surface area contributed by atoms with Gasteiger partial charge in [-0.25, -0.2) is 0 Å². The van der Waals surface area contributed by atoms with E-state index < -0.39 is 0 Å². The fraction of sp³-hybridized carbons (Fsp3) is 0.364. The van der Waals surface area contributed by atoms with Crippen molar-refractivity contribution >= 4 is 47.2 Å². The molecular formula is C22H30IN5O. The van der Waals surface area contributed by atoms with Crippen LogP contribution in [-0.4, -0.2) is 38.5 Å². The molecule has 1 heterocycles. The molecule has 1 aliphatic heterocycles. The van der Waals surface area contributed by atoms with Crippen molar-refractivity contribution in [2.24, 2.45) is 4.99 Å². The Morgan fingerprint density at radius 2 is 1.83 bits per heavy atom. The summed E-state index contributed by atoms with van der Waals surface area (Å²) >= 11 is 0. The van der Waals surface area contributed by atoms with E-state index in [4.69, 9.17) is 0 Å². The quantitative estimate of drug-likeness (QED) is 0.317. The van der Waals surface area contributed by atoms with E-state index in [0.717, 1.165) is 18.8 Å². The Morgan fingerprint density at radius 1 is 1.10 bits per heavy atom. The summed E-state index contributed by atoms with van der Waals surface area (Å²) in [7, 11) is 1.71. The van der Waals surface area contributed by atoms with Gasteiger partial charge in [0.25, 0.3) is 0 Å². The Morgan fingerprint density at radius 3 is 2.52 bits per heavy atom. The third-order valence-corrected chi connectivity index (χ3v) is 4.89. The molecule has 3 N–H and O–H groups in total. The lowest BCUT2D eigenvalue weighted by molar-refractivity contribution is -0.115. The van der Waals surface area contributed by atoms with Gasteiger partial charge in [-0.3, -0.25) is 9.79 Å². The van der Waals surface area contributed by atoms with E-state index >= 15 is 0 Å². The van der Waals surface area contributed by atoms with Crippen LogP contribution >= 0.6 is 24.0 Å². The average Bonchev–Trinajstić information content (AvgIpc) is 3.27. The third kappa shape index (κ3) is 6.92. The second kappa shape index (κ2) is 11.6. The molecule has 0 aromatic heterocycles. The van der Waals surface area contributed by atoms with Crippen molar-refractivity contribution < 1.29 is 4.79 Å². The standard InChI is InChI=1S/C22H29N5O.HI/c1-17(18-9-8-12-20(15-18)27-13-6-7-14-27)25-22(23-2)24-16-21(28)26-19-10-4-3-5-11-19;/h3-5,8-12,15,17H,6-7,13-14,16H2,1-2H3,(H,26,28)(H2,23,24,25);1H. The highest BCUT2D eigenvalue weighted by Crippen LogP contribution is 2.23. The smallest absolute Gasteiger partial charge is 0.243 e. The Balaban J connectivity index is 0.00000300. The average molecular weight is 507 g/mol. The van der Waals surface area contributed by atoms with Gasteiger partial charge in [0, 0.05) is 31.5 Å². The van der Waals surface area contributed by atoms with E-state index in [2.05, 4.69) is 57.0 Å². The molecule has 1 unspecified atom stereocenters.